The van der Waals surface area contributed by atoms with E-state index in [4.69, 9.17) is 5.73 Å². The normalized spacial score (nSPS) is 34.1. The third-order valence-electron chi connectivity index (χ3n) is 3.88. The van der Waals surface area contributed by atoms with Crippen molar-refractivity contribution in [2.24, 2.45) is 11.7 Å². The smallest absolute Gasteiger partial charge is 0.0252 e. The molecule has 3 atom stereocenters. The predicted molar refractivity (Wildman–Crippen MR) is 62.3 cm³/mol. The van der Waals surface area contributed by atoms with Gasteiger partial charge in [0.05, 0.1) is 0 Å². The summed E-state index contributed by atoms with van der Waals surface area (Å²) in [5.41, 5.74) is 6.20. The molecule has 1 heterocycles. The summed E-state index contributed by atoms with van der Waals surface area (Å²) in [6, 6.07) is 0.707. The third-order valence-corrected chi connectivity index (χ3v) is 3.88. The van der Waals surface area contributed by atoms with Crippen LogP contribution in [-0.2, 0) is 0 Å². The van der Waals surface area contributed by atoms with Crippen LogP contribution in [0.2, 0.25) is 0 Å². The molecule has 0 aliphatic carbocycles. The second kappa shape index (κ2) is 4.63. The molecule has 1 rings (SSSR count). The Morgan fingerprint density at radius 3 is 2.64 bits per heavy atom. The summed E-state index contributed by atoms with van der Waals surface area (Å²) in [4.78, 5) is 2.57. The average Bonchev–Trinajstić information content (AvgIpc) is 2.13. The summed E-state index contributed by atoms with van der Waals surface area (Å²) >= 11 is 0. The van der Waals surface area contributed by atoms with Crippen LogP contribution in [0.5, 0.6) is 0 Å². The Bertz CT molecular complexity index is 177. The zero-order valence-electron chi connectivity index (χ0n) is 10.2. The van der Waals surface area contributed by atoms with Gasteiger partial charge in [-0.15, -0.1) is 0 Å². The zero-order chi connectivity index (χ0) is 10.8. The molecule has 0 radical (unpaired) electrons. The Balaban J connectivity index is 2.51. The molecule has 2 heteroatoms. The molecule has 0 bridgehead atoms. The fourth-order valence-electron chi connectivity index (χ4n) is 2.22. The van der Waals surface area contributed by atoms with Gasteiger partial charge in [0.15, 0.2) is 0 Å². The topological polar surface area (TPSA) is 29.3 Å². The largest absolute Gasteiger partial charge is 0.324 e. The van der Waals surface area contributed by atoms with Gasteiger partial charge in [-0.25, -0.2) is 0 Å². The second-order valence-electron chi connectivity index (χ2n) is 5.34. The van der Waals surface area contributed by atoms with E-state index in [1.807, 2.05) is 0 Å². The van der Waals surface area contributed by atoms with Crippen molar-refractivity contribution in [3.63, 3.8) is 0 Å². The zero-order valence-corrected chi connectivity index (χ0v) is 10.2. The van der Waals surface area contributed by atoms with Crippen LogP contribution in [0.4, 0.5) is 0 Å². The average molecular weight is 198 g/mol. The Hall–Kier alpha value is -0.0800. The van der Waals surface area contributed by atoms with E-state index < -0.39 is 0 Å². The Morgan fingerprint density at radius 2 is 2.07 bits per heavy atom. The fourth-order valence-corrected chi connectivity index (χ4v) is 2.22. The maximum absolute atomic E-state index is 6.21. The van der Waals surface area contributed by atoms with Crippen LogP contribution >= 0.6 is 0 Å². The van der Waals surface area contributed by atoms with Crippen molar-refractivity contribution < 1.29 is 0 Å². The van der Waals surface area contributed by atoms with Gasteiger partial charge in [0.1, 0.15) is 0 Å². The molecule has 1 aliphatic rings. The van der Waals surface area contributed by atoms with Gasteiger partial charge in [0.25, 0.3) is 0 Å². The minimum atomic E-state index is -0.00861. The number of nitrogens with zero attached hydrogens (tertiary/aromatic N) is 1. The highest BCUT2D eigenvalue weighted by atomic mass is 15.2. The molecule has 84 valence electrons. The highest BCUT2D eigenvalue weighted by Crippen LogP contribution is 2.24. The highest BCUT2D eigenvalue weighted by molar-refractivity contribution is 4.86. The van der Waals surface area contributed by atoms with Crippen LogP contribution in [-0.4, -0.2) is 29.6 Å². The van der Waals surface area contributed by atoms with E-state index in [1.165, 1.54) is 19.4 Å². The van der Waals surface area contributed by atoms with Gasteiger partial charge >= 0.3 is 0 Å². The van der Waals surface area contributed by atoms with Crippen molar-refractivity contribution in [1.82, 2.24) is 4.90 Å². The van der Waals surface area contributed by atoms with Crippen LogP contribution in [0, 0.1) is 5.92 Å². The standard InChI is InChI=1S/C12H26N2/c1-5-12(4,13)9-14-8-6-7-10(2)11(14)3/h10-11H,5-9,13H2,1-4H3. The molecule has 1 fully saturated rings. The van der Waals surface area contributed by atoms with Crippen molar-refractivity contribution in [2.45, 2.75) is 58.5 Å². The highest BCUT2D eigenvalue weighted by Gasteiger charge is 2.28. The van der Waals surface area contributed by atoms with Crippen LogP contribution < -0.4 is 5.73 Å². The first kappa shape index (κ1) is 12.0. The lowest BCUT2D eigenvalue weighted by molar-refractivity contribution is 0.0893. The van der Waals surface area contributed by atoms with E-state index in [9.17, 15) is 0 Å². The lowest BCUT2D eigenvalue weighted by atomic mass is 9.89. The first-order valence-corrected chi connectivity index (χ1v) is 5.99. The molecule has 14 heavy (non-hydrogen) atoms. The first-order chi connectivity index (χ1) is 6.46. The molecule has 0 aromatic heterocycles. The molecule has 0 amide bonds. The van der Waals surface area contributed by atoms with E-state index in [1.54, 1.807) is 0 Å². The number of hydrogen-bond acceptors (Lipinski definition) is 2. The summed E-state index contributed by atoms with van der Waals surface area (Å²) in [6.07, 6.45) is 3.78. The van der Waals surface area contributed by atoms with Crippen molar-refractivity contribution in [3.8, 4) is 0 Å². The van der Waals surface area contributed by atoms with Crippen LogP contribution in [0.3, 0.4) is 0 Å². The third kappa shape index (κ3) is 2.96. The second-order valence-corrected chi connectivity index (χ2v) is 5.34. The summed E-state index contributed by atoms with van der Waals surface area (Å²) in [6.45, 7) is 11.3. The molecule has 0 spiro atoms. The van der Waals surface area contributed by atoms with Crippen molar-refractivity contribution in [1.29, 1.82) is 0 Å². The van der Waals surface area contributed by atoms with E-state index in [-0.39, 0.29) is 5.54 Å². The Labute approximate surface area is 88.8 Å². The number of rotatable bonds is 3. The van der Waals surface area contributed by atoms with Crippen molar-refractivity contribution in [3.05, 3.63) is 0 Å². The van der Waals surface area contributed by atoms with E-state index in [0.717, 1.165) is 18.9 Å². The number of piperidine rings is 1. The van der Waals surface area contributed by atoms with E-state index in [0.29, 0.717) is 6.04 Å². The molecule has 0 saturated carbocycles. The van der Waals surface area contributed by atoms with Gasteiger partial charge in [-0.1, -0.05) is 13.8 Å². The number of hydrogen-bond donors (Lipinski definition) is 1. The fraction of sp³-hybridized carbons (Fsp3) is 1.00. The quantitative estimate of drug-likeness (QED) is 0.753. The van der Waals surface area contributed by atoms with Gasteiger partial charge in [0.2, 0.25) is 0 Å². The van der Waals surface area contributed by atoms with Gasteiger partial charge < -0.3 is 5.73 Å². The predicted octanol–water partition coefficient (Wildman–Crippen LogP) is 2.23. The SMILES string of the molecule is CCC(C)(N)CN1CCCC(C)C1C. The minimum absolute atomic E-state index is 0.00861. The number of likely N-dealkylation sites (tertiary alicyclic amines) is 1. The van der Waals surface area contributed by atoms with E-state index in [2.05, 4.69) is 32.6 Å². The maximum Gasteiger partial charge on any atom is 0.0252 e. The first-order valence-electron chi connectivity index (χ1n) is 5.99. The van der Waals surface area contributed by atoms with Crippen molar-refractivity contribution >= 4 is 0 Å². The van der Waals surface area contributed by atoms with Gasteiger partial charge in [0, 0.05) is 18.1 Å². The molecule has 2 N–H and O–H groups in total. The minimum Gasteiger partial charge on any atom is -0.324 e. The van der Waals surface area contributed by atoms with Crippen LogP contribution in [0.25, 0.3) is 0 Å². The maximum atomic E-state index is 6.21. The van der Waals surface area contributed by atoms with Crippen molar-refractivity contribution in [2.75, 3.05) is 13.1 Å². The van der Waals surface area contributed by atoms with Gasteiger partial charge in [-0.05, 0) is 45.6 Å². The summed E-state index contributed by atoms with van der Waals surface area (Å²) in [5.74, 6) is 0.830. The molecular formula is C12H26N2. The van der Waals surface area contributed by atoms with Crippen LogP contribution in [0.1, 0.15) is 47.0 Å². The molecule has 1 saturated heterocycles. The summed E-state index contributed by atoms with van der Waals surface area (Å²) in [5, 5.41) is 0. The van der Waals surface area contributed by atoms with E-state index >= 15 is 0 Å². The lowest BCUT2D eigenvalue weighted by Gasteiger charge is -2.41. The Morgan fingerprint density at radius 1 is 1.43 bits per heavy atom. The molecule has 2 nitrogen and oxygen atoms in total. The Kier molecular flexibility index (Phi) is 3.96. The van der Waals surface area contributed by atoms with Gasteiger partial charge in [-0.2, -0.15) is 0 Å². The summed E-state index contributed by atoms with van der Waals surface area (Å²) < 4.78 is 0. The molecule has 0 aromatic rings. The summed E-state index contributed by atoms with van der Waals surface area (Å²) in [7, 11) is 0. The molecule has 3 unspecified atom stereocenters. The molecule has 0 aromatic carbocycles. The molecular weight excluding hydrogens is 172 g/mol. The van der Waals surface area contributed by atoms with Gasteiger partial charge in [-0.3, -0.25) is 4.90 Å². The number of nitrogens with two attached hydrogens (primary N) is 1. The molecule has 1 aliphatic heterocycles. The lowest BCUT2D eigenvalue weighted by Crippen LogP contribution is -2.53. The van der Waals surface area contributed by atoms with Crippen LogP contribution in [0.15, 0.2) is 0 Å². The monoisotopic (exact) mass is 198 g/mol.